The van der Waals surface area contributed by atoms with Gasteiger partial charge in [-0.1, -0.05) is 76.8 Å². The van der Waals surface area contributed by atoms with Crippen molar-refractivity contribution in [2.45, 2.75) is 36.8 Å². The lowest BCUT2D eigenvalue weighted by atomic mass is 9.49. The molecule has 16 heteroatoms. The minimum Gasteiger partial charge on any atom is -0.508 e. The SMILES string of the molecule is O=C1[C@H]2[C@H](CC=C3[C@H]2C[C@H]2C(=O)N(Nc4ncc(C(F)(F)F)cc4Cl)C(=O)[C@@]2(c2ccc(Cl)cc2)[C@H]3c2ccc(O)cc2Cl)C(=O)N1CCc1ccc(O)cc1. The van der Waals surface area contributed by atoms with Gasteiger partial charge in [0, 0.05) is 28.7 Å². The van der Waals surface area contributed by atoms with Crippen LogP contribution in [0.15, 0.2) is 90.6 Å². The number of alkyl halides is 3. The molecule has 3 aromatic carbocycles. The molecule has 0 unspecified atom stereocenters. The molecule has 4 aliphatic rings. The Balaban J connectivity index is 1.26. The van der Waals surface area contributed by atoms with Crippen LogP contribution in [0.2, 0.25) is 15.1 Å². The summed E-state index contributed by atoms with van der Waals surface area (Å²) in [5, 5.41) is 20.7. The number of benzene rings is 3. The summed E-state index contributed by atoms with van der Waals surface area (Å²) < 4.78 is 40.4. The number of aromatic nitrogens is 1. The number of halogens is 6. The van der Waals surface area contributed by atoms with Gasteiger partial charge in [-0.15, -0.1) is 0 Å². The first kappa shape index (κ1) is 37.8. The molecule has 3 fully saturated rings. The number of fused-ring (bicyclic) bond motifs is 4. The van der Waals surface area contributed by atoms with Gasteiger partial charge in [-0.2, -0.15) is 18.2 Å². The average molecular weight is 826 g/mol. The van der Waals surface area contributed by atoms with E-state index in [2.05, 4.69) is 10.4 Å². The van der Waals surface area contributed by atoms with E-state index >= 15 is 4.79 Å². The number of aromatic hydroxyl groups is 2. The van der Waals surface area contributed by atoms with E-state index in [9.17, 15) is 37.8 Å². The van der Waals surface area contributed by atoms with E-state index in [1.165, 1.54) is 29.2 Å². The summed E-state index contributed by atoms with van der Waals surface area (Å²) in [6.07, 6.45) is -1.98. The predicted molar refractivity (Wildman–Crippen MR) is 199 cm³/mol. The maximum absolute atomic E-state index is 15.3. The summed E-state index contributed by atoms with van der Waals surface area (Å²) in [5.41, 5.74) is 1.78. The summed E-state index contributed by atoms with van der Waals surface area (Å²) in [7, 11) is 0. The van der Waals surface area contributed by atoms with Crippen molar-refractivity contribution in [3.63, 3.8) is 0 Å². The molecule has 2 aliphatic carbocycles. The van der Waals surface area contributed by atoms with E-state index in [0.717, 1.165) is 5.56 Å². The first-order valence-electron chi connectivity index (χ1n) is 17.6. The van der Waals surface area contributed by atoms with Crippen LogP contribution < -0.4 is 5.43 Å². The number of hydrazine groups is 1. The Kier molecular flexibility index (Phi) is 9.33. The number of anilines is 1. The van der Waals surface area contributed by atoms with Gasteiger partial charge in [-0.25, -0.2) is 4.98 Å². The van der Waals surface area contributed by atoms with E-state index in [1.54, 1.807) is 42.5 Å². The number of hydrogen-bond acceptors (Lipinski definition) is 8. The molecule has 288 valence electrons. The summed E-state index contributed by atoms with van der Waals surface area (Å²) in [6, 6.07) is 17.6. The van der Waals surface area contributed by atoms with Gasteiger partial charge in [-0.3, -0.25) is 29.5 Å². The lowest BCUT2D eigenvalue weighted by Gasteiger charge is -2.50. The molecule has 10 nitrogen and oxygen atoms in total. The monoisotopic (exact) mass is 824 g/mol. The maximum atomic E-state index is 15.3. The molecule has 0 bridgehead atoms. The topological polar surface area (TPSA) is 140 Å². The number of likely N-dealkylation sites (tertiary alicyclic amines) is 1. The zero-order valence-electron chi connectivity index (χ0n) is 28.9. The fraction of sp³-hybridized carbons (Fsp3) is 0.275. The Labute approximate surface area is 332 Å². The quantitative estimate of drug-likeness (QED) is 0.127. The Morgan fingerprint density at radius 3 is 2.20 bits per heavy atom. The number of nitrogens with zero attached hydrogens (tertiary/aromatic N) is 3. The molecule has 8 rings (SSSR count). The Morgan fingerprint density at radius 1 is 0.839 bits per heavy atom. The van der Waals surface area contributed by atoms with Crippen LogP contribution in [0, 0.1) is 23.7 Å². The maximum Gasteiger partial charge on any atom is 0.417 e. The number of pyridine rings is 1. The number of imide groups is 2. The summed E-state index contributed by atoms with van der Waals surface area (Å²) in [4.78, 5) is 63.4. The van der Waals surface area contributed by atoms with E-state index in [4.69, 9.17) is 34.8 Å². The summed E-state index contributed by atoms with van der Waals surface area (Å²) >= 11 is 19.4. The van der Waals surface area contributed by atoms with Crippen LogP contribution in [0.5, 0.6) is 11.5 Å². The van der Waals surface area contributed by atoms with Crippen LogP contribution in [-0.4, -0.2) is 55.3 Å². The van der Waals surface area contributed by atoms with Crippen LogP contribution in [0.1, 0.15) is 41.0 Å². The summed E-state index contributed by atoms with van der Waals surface area (Å²) in [5.74, 6) is -7.45. The number of nitrogens with one attached hydrogen (secondary N) is 1. The second kappa shape index (κ2) is 13.8. The molecule has 4 amide bonds. The fourth-order valence-electron chi connectivity index (χ4n) is 9.07. The average Bonchev–Trinajstić information content (AvgIpc) is 3.52. The first-order valence-corrected chi connectivity index (χ1v) is 18.7. The molecule has 4 aromatic rings. The highest BCUT2D eigenvalue weighted by Gasteiger charge is 2.70. The van der Waals surface area contributed by atoms with Crippen molar-refractivity contribution in [1.29, 1.82) is 0 Å². The van der Waals surface area contributed by atoms with Gasteiger partial charge in [0.1, 0.15) is 11.5 Å². The predicted octanol–water partition coefficient (Wildman–Crippen LogP) is 7.70. The number of amides is 4. The van der Waals surface area contributed by atoms with Gasteiger partial charge in [-0.05, 0) is 84.3 Å². The van der Waals surface area contributed by atoms with Crippen LogP contribution >= 0.6 is 34.8 Å². The molecule has 0 radical (unpaired) electrons. The molecule has 2 saturated heterocycles. The highest BCUT2D eigenvalue weighted by atomic mass is 35.5. The molecule has 56 heavy (non-hydrogen) atoms. The van der Waals surface area contributed by atoms with E-state index < -0.39 is 69.5 Å². The van der Waals surface area contributed by atoms with E-state index in [0.29, 0.717) is 45.4 Å². The first-order chi connectivity index (χ1) is 26.6. The second-order valence-electron chi connectivity index (χ2n) is 14.4. The molecule has 1 saturated carbocycles. The molecular weight excluding hydrogens is 796 g/mol. The number of carbonyl (C=O) groups is 4. The van der Waals surface area contributed by atoms with Gasteiger partial charge in [0.15, 0.2) is 5.82 Å². The molecule has 3 N–H and O–H groups in total. The van der Waals surface area contributed by atoms with E-state index in [1.807, 2.05) is 6.08 Å². The lowest BCUT2D eigenvalue weighted by molar-refractivity contribution is -0.141. The highest BCUT2D eigenvalue weighted by molar-refractivity contribution is 6.33. The molecule has 3 heterocycles. The molecule has 6 atom stereocenters. The van der Waals surface area contributed by atoms with Crippen molar-refractivity contribution in [2.24, 2.45) is 23.7 Å². The van der Waals surface area contributed by atoms with Crippen molar-refractivity contribution >= 4 is 64.2 Å². The normalized spacial score (nSPS) is 25.9. The van der Waals surface area contributed by atoms with Gasteiger partial charge < -0.3 is 10.2 Å². The zero-order chi connectivity index (χ0) is 39.8. The number of phenolic OH excluding ortho intramolecular Hbond substituents is 2. The van der Waals surface area contributed by atoms with Gasteiger partial charge in [0.05, 0.1) is 33.8 Å². The molecular formula is C40H30Cl3F3N4O6. The smallest absolute Gasteiger partial charge is 0.417 e. The molecule has 2 aliphatic heterocycles. The largest absolute Gasteiger partial charge is 0.508 e. The van der Waals surface area contributed by atoms with Crippen molar-refractivity contribution in [2.75, 3.05) is 12.0 Å². The minimum atomic E-state index is -4.76. The van der Waals surface area contributed by atoms with Crippen LogP contribution in [0.25, 0.3) is 0 Å². The second-order valence-corrected chi connectivity index (χ2v) is 15.6. The minimum absolute atomic E-state index is 0.0641. The Morgan fingerprint density at radius 2 is 1.54 bits per heavy atom. The number of allylic oxidation sites excluding steroid dienone is 2. The lowest BCUT2D eigenvalue weighted by Crippen LogP contribution is -2.53. The third-order valence-electron chi connectivity index (χ3n) is 11.5. The number of hydrogen-bond donors (Lipinski definition) is 3. The zero-order valence-corrected chi connectivity index (χ0v) is 31.2. The molecule has 1 aromatic heterocycles. The van der Waals surface area contributed by atoms with Crippen molar-refractivity contribution in [3.8, 4) is 11.5 Å². The fourth-order valence-corrected chi connectivity index (χ4v) is 9.69. The third-order valence-corrected chi connectivity index (χ3v) is 12.4. The molecule has 0 spiro atoms. The van der Waals surface area contributed by atoms with Crippen molar-refractivity contribution in [3.05, 3.63) is 128 Å². The number of carbonyl (C=O) groups excluding carboxylic acids is 4. The Hall–Kier alpha value is -5.11. The summed E-state index contributed by atoms with van der Waals surface area (Å²) in [6.45, 7) is 0.0822. The van der Waals surface area contributed by atoms with Crippen LogP contribution in [-0.2, 0) is 37.2 Å². The van der Waals surface area contributed by atoms with Gasteiger partial charge >= 0.3 is 6.18 Å². The highest BCUT2D eigenvalue weighted by Crippen LogP contribution is 2.65. The van der Waals surface area contributed by atoms with Gasteiger partial charge in [0.2, 0.25) is 11.8 Å². The van der Waals surface area contributed by atoms with Crippen LogP contribution in [0.4, 0.5) is 19.0 Å². The van der Waals surface area contributed by atoms with Gasteiger partial charge in [0.25, 0.3) is 11.8 Å². The van der Waals surface area contributed by atoms with Crippen LogP contribution in [0.3, 0.4) is 0 Å². The van der Waals surface area contributed by atoms with E-state index in [-0.39, 0.29) is 47.6 Å². The Bertz CT molecular complexity index is 2340. The standard InChI is InChI=1S/C40H30Cl3F3N4O6/c41-22-5-3-20(4-6-22)39-29(36(54)50(38(39)56)48-34-31(43)15-21(18-47-34)40(44,45)46)17-28-25(33(39)26-10-9-24(52)16-30(26)42)11-12-27-32(28)37(55)49(35(27)53)14-13-19-1-7-23(51)8-2-19/h1-11,15-16,18,27-29,32-33,51-52H,12-14,17H2,(H,47,48)/t27-,28+,29-,32-,33+,39+/m0/s1. The third kappa shape index (κ3) is 5.98. The number of phenols is 2. The number of rotatable bonds is 7. The van der Waals surface area contributed by atoms with Crippen molar-refractivity contribution in [1.82, 2.24) is 14.9 Å². The van der Waals surface area contributed by atoms with Crippen molar-refractivity contribution < 1.29 is 42.6 Å².